The number of nitrogens with zero attached hydrogens (tertiary/aromatic N) is 1. The largest absolute Gasteiger partial charge is 0.371 e. The summed E-state index contributed by atoms with van der Waals surface area (Å²) in [6.07, 6.45) is 4.95. The molecule has 2 rings (SSSR count). The number of hydrogen-bond acceptors (Lipinski definition) is 2. The SMILES string of the molecule is CCC1CCCN(c2ccc(Br)cc2CCN)C1. The van der Waals surface area contributed by atoms with Crippen molar-refractivity contribution in [3.63, 3.8) is 0 Å². The average Bonchev–Trinajstić information content (AvgIpc) is 2.39. The summed E-state index contributed by atoms with van der Waals surface area (Å²) >= 11 is 3.56. The predicted molar refractivity (Wildman–Crippen MR) is 82.1 cm³/mol. The van der Waals surface area contributed by atoms with Crippen LogP contribution in [0.1, 0.15) is 31.7 Å². The maximum atomic E-state index is 5.73. The van der Waals surface area contributed by atoms with Gasteiger partial charge in [-0.2, -0.15) is 0 Å². The van der Waals surface area contributed by atoms with Gasteiger partial charge in [-0.15, -0.1) is 0 Å². The molecule has 1 fully saturated rings. The van der Waals surface area contributed by atoms with Gasteiger partial charge in [-0.3, -0.25) is 0 Å². The summed E-state index contributed by atoms with van der Waals surface area (Å²) in [4.78, 5) is 2.55. The zero-order chi connectivity index (χ0) is 13.0. The number of rotatable bonds is 4. The first-order chi connectivity index (χ1) is 8.74. The molecule has 0 spiro atoms. The number of nitrogens with two attached hydrogens (primary N) is 1. The Bertz CT molecular complexity index is 392. The highest BCUT2D eigenvalue weighted by Crippen LogP contribution is 2.29. The van der Waals surface area contributed by atoms with Crippen molar-refractivity contribution in [3.8, 4) is 0 Å². The van der Waals surface area contributed by atoms with Crippen LogP contribution in [0.2, 0.25) is 0 Å². The van der Waals surface area contributed by atoms with E-state index >= 15 is 0 Å². The second-order valence-corrected chi connectivity index (χ2v) is 6.09. The van der Waals surface area contributed by atoms with Gasteiger partial charge in [0.25, 0.3) is 0 Å². The van der Waals surface area contributed by atoms with Crippen LogP contribution in [0.25, 0.3) is 0 Å². The molecular formula is C15H23BrN2. The van der Waals surface area contributed by atoms with Crippen LogP contribution in [0.15, 0.2) is 22.7 Å². The Morgan fingerprint density at radius 2 is 2.28 bits per heavy atom. The third kappa shape index (κ3) is 3.27. The van der Waals surface area contributed by atoms with Crippen LogP contribution < -0.4 is 10.6 Å². The Kier molecular flexibility index (Phi) is 5.07. The second kappa shape index (κ2) is 6.58. The van der Waals surface area contributed by atoms with Crippen LogP contribution >= 0.6 is 15.9 Å². The van der Waals surface area contributed by atoms with Crippen LogP contribution in [-0.4, -0.2) is 19.6 Å². The molecule has 1 heterocycles. The first-order valence-electron chi connectivity index (χ1n) is 6.98. The number of anilines is 1. The lowest BCUT2D eigenvalue weighted by Gasteiger charge is -2.35. The number of piperidine rings is 1. The van der Waals surface area contributed by atoms with Gasteiger partial charge in [0.05, 0.1) is 0 Å². The molecular weight excluding hydrogens is 288 g/mol. The fraction of sp³-hybridized carbons (Fsp3) is 0.600. The molecule has 1 atom stereocenters. The van der Waals surface area contributed by atoms with Crippen molar-refractivity contribution < 1.29 is 0 Å². The molecule has 2 N–H and O–H groups in total. The van der Waals surface area contributed by atoms with E-state index in [1.165, 1.54) is 43.6 Å². The molecule has 0 radical (unpaired) electrons. The standard InChI is InChI=1S/C15H23BrN2/c1-2-12-4-3-9-18(11-12)15-6-5-14(16)10-13(15)7-8-17/h5-6,10,12H,2-4,7-9,11,17H2,1H3. The Hall–Kier alpha value is -0.540. The number of benzene rings is 1. The van der Waals surface area contributed by atoms with Crippen molar-refractivity contribution in [3.05, 3.63) is 28.2 Å². The van der Waals surface area contributed by atoms with Crippen molar-refractivity contribution in [1.29, 1.82) is 0 Å². The van der Waals surface area contributed by atoms with Gasteiger partial charge < -0.3 is 10.6 Å². The maximum absolute atomic E-state index is 5.73. The Balaban J connectivity index is 2.20. The van der Waals surface area contributed by atoms with E-state index in [0.29, 0.717) is 6.54 Å². The highest BCUT2D eigenvalue weighted by Gasteiger charge is 2.20. The molecule has 0 saturated carbocycles. The van der Waals surface area contributed by atoms with Crippen molar-refractivity contribution in [2.75, 3.05) is 24.5 Å². The van der Waals surface area contributed by atoms with Crippen LogP contribution in [-0.2, 0) is 6.42 Å². The van der Waals surface area contributed by atoms with E-state index in [2.05, 4.69) is 46.0 Å². The fourth-order valence-corrected chi connectivity index (χ4v) is 3.24. The van der Waals surface area contributed by atoms with E-state index in [1.807, 2.05) is 0 Å². The molecule has 1 aliphatic rings. The summed E-state index contributed by atoms with van der Waals surface area (Å²) in [6, 6.07) is 6.61. The van der Waals surface area contributed by atoms with Gasteiger partial charge in [0.1, 0.15) is 0 Å². The van der Waals surface area contributed by atoms with Crippen molar-refractivity contribution >= 4 is 21.6 Å². The molecule has 1 saturated heterocycles. The molecule has 0 bridgehead atoms. The summed E-state index contributed by atoms with van der Waals surface area (Å²) in [5.41, 5.74) is 8.50. The monoisotopic (exact) mass is 310 g/mol. The minimum Gasteiger partial charge on any atom is -0.371 e. The number of halogens is 1. The molecule has 3 heteroatoms. The molecule has 2 nitrogen and oxygen atoms in total. The van der Waals surface area contributed by atoms with E-state index in [-0.39, 0.29) is 0 Å². The van der Waals surface area contributed by atoms with E-state index < -0.39 is 0 Å². The summed E-state index contributed by atoms with van der Waals surface area (Å²) in [6.45, 7) is 5.41. The Labute approximate surface area is 119 Å². The van der Waals surface area contributed by atoms with Gasteiger partial charge in [-0.1, -0.05) is 29.3 Å². The van der Waals surface area contributed by atoms with E-state index in [9.17, 15) is 0 Å². The predicted octanol–water partition coefficient (Wildman–Crippen LogP) is 3.58. The third-order valence-electron chi connectivity index (χ3n) is 3.89. The van der Waals surface area contributed by atoms with Crippen molar-refractivity contribution in [2.45, 2.75) is 32.6 Å². The fourth-order valence-electron chi connectivity index (χ4n) is 2.84. The third-order valence-corrected chi connectivity index (χ3v) is 4.39. The first-order valence-corrected chi connectivity index (χ1v) is 7.77. The van der Waals surface area contributed by atoms with Crippen LogP contribution in [0.5, 0.6) is 0 Å². The zero-order valence-corrected chi connectivity index (χ0v) is 12.7. The van der Waals surface area contributed by atoms with Crippen LogP contribution in [0, 0.1) is 5.92 Å². The highest BCUT2D eigenvalue weighted by atomic mass is 79.9. The highest BCUT2D eigenvalue weighted by molar-refractivity contribution is 9.10. The van der Waals surface area contributed by atoms with Gasteiger partial charge in [-0.25, -0.2) is 0 Å². The summed E-state index contributed by atoms with van der Waals surface area (Å²) in [5.74, 6) is 0.855. The molecule has 0 aliphatic carbocycles. The number of hydrogen-bond donors (Lipinski definition) is 1. The first kappa shape index (κ1) is 13.9. The molecule has 1 aromatic carbocycles. The minimum atomic E-state index is 0.717. The van der Waals surface area contributed by atoms with Gasteiger partial charge in [0.15, 0.2) is 0 Å². The van der Waals surface area contributed by atoms with E-state index in [1.54, 1.807) is 0 Å². The van der Waals surface area contributed by atoms with Crippen molar-refractivity contribution in [1.82, 2.24) is 0 Å². The Morgan fingerprint density at radius 3 is 3.00 bits per heavy atom. The van der Waals surface area contributed by atoms with Gasteiger partial charge in [0, 0.05) is 23.2 Å². The maximum Gasteiger partial charge on any atom is 0.0400 e. The lowest BCUT2D eigenvalue weighted by atomic mass is 9.94. The zero-order valence-electron chi connectivity index (χ0n) is 11.2. The lowest BCUT2D eigenvalue weighted by Crippen LogP contribution is -2.35. The summed E-state index contributed by atoms with van der Waals surface area (Å²) in [5, 5.41) is 0. The molecule has 1 aromatic rings. The average molecular weight is 311 g/mol. The summed E-state index contributed by atoms with van der Waals surface area (Å²) in [7, 11) is 0. The molecule has 1 aliphatic heterocycles. The summed E-state index contributed by atoms with van der Waals surface area (Å²) < 4.78 is 1.15. The lowest BCUT2D eigenvalue weighted by molar-refractivity contribution is 0.404. The van der Waals surface area contributed by atoms with Gasteiger partial charge in [-0.05, 0) is 55.5 Å². The van der Waals surface area contributed by atoms with E-state index in [0.717, 1.165) is 16.8 Å². The van der Waals surface area contributed by atoms with Crippen molar-refractivity contribution in [2.24, 2.45) is 11.7 Å². The minimum absolute atomic E-state index is 0.717. The molecule has 0 aromatic heterocycles. The quantitative estimate of drug-likeness (QED) is 0.921. The molecule has 0 amide bonds. The molecule has 1 unspecified atom stereocenters. The second-order valence-electron chi connectivity index (χ2n) is 5.17. The smallest absolute Gasteiger partial charge is 0.0400 e. The van der Waals surface area contributed by atoms with Crippen LogP contribution in [0.3, 0.4) is 0 Å². The normalized spacial score (nSPS) is 20.2. The van der Waals surface area contributed by atoms with Gasteiger partial charge in [0.2, 0.25) is 0 Å². The Morgan fingerprint density at radius 1 is 1.44 bits per heavy atom. The topological polar surface area (TPSA) is 29.3 Å². The molecule has 18 heavy (non-hydrogen) atoms. The van der Waals surface area contributed by atoms with E-state index in [4.69, 9.17) is 5.73 Å². The van der Waals surface area contributed by atoms with Crippen LogP contribution in [0.4, 0.5) is 5.69 Å². The van der Waals surface area contributed by atoms with Gasteiger partial charge >= 0.3 is 0 Å². The molecule has 100 valence electrons.